The molecule has 1 atom stereocenters. The summed E-state index contributed by atoms with van der Waals surface area (Å²) in [5.41, 5.74) is 6.14. The Bertz CT molecular complexity index is 549. The predicted octanol–water partition coefficient (Wildman–Crippen LogP) is 2.13. The first-order valence-corrected chi connectivity index (χ1v) is 5.10. The molecule has 0 aliphatic heterocycles. The van der Waals surface area contributed by atoms with Gasteiger partial charge in [0, 0.05) is 0 Å². The van der Waals surface area contributed by atoms with E-state index in [4.69, 9.17) is 5.73 Å². The molecular formula is C13H13NO2. The van der Waals surface area contributed by atoms with Crippen LogP contribution in [0.4, 0.5) is 0 Å². The first-order chi connectivity index (χ1) is 7.59. The van der Waals surface area contributed by atoms with Gasteiger partial charge in [-0.05, 0) is 35.4 Å². The molecule has 0 saturated carbocycles. The number of hydrogen-bond donors (Lipinski definition) is 2. The van der Waals surface area contributed by atoms with Crippen molar-refractivity contribution in [2.45, 2.75) is 12.8 Å². The molecule has 3 heteroatoms. The summed E-state index contributed by atoms with van der Waals surface area (Å²) in [6.45, 7) is 1.77. The van der Waals surface area contributed by atoms with Gasteiger partial charge in [0.1, 0.15) is 5.75 Å². The number of benzene rings is 2. The summed E-state index contributed by atoms with van der Waals surface area (Å²) < 4.78 is 0. The Balaban J connectivity index is 2.69. The van der Waals surface area contributed by atoms with E-state index in [1.165, 1.54) is 0 Å². The lowest BCUT2D eigenvalue weighted by molar-refractivity contribution is -0.119. The minimum atomic E-state index is -0.365. The van der Waals surface area contributed by atoms with Crippen molar-refractivity contribution in [3.05, 3.63) is 42.0 Å². The second-order valence-electron chi connectivity index (χ2n) is 3.88. The Morgan fingerprint density at radius 1 is 1.31 bits per heavy atom. The Labute approximate surface area is 93.5 Å². The van der Waals surface area contributed by atoms with Gasteiger partial charge in [-0.15, -0.1) is 0 Å². The molecule has 2 rings (SSSR count). The van der Waals surface area contributed by atoms with Crippen LogP contribution in [0.3, 0.4) is 0 Å². The zero-order chi connectivity index (χ0) is 11.7. The van der Waals surface area contributed by atoms with Gasteiger partial charge >= 0.3 is 0 Å². The van der Waals surface area contributed by atoms with Gasteiger partial charge in [0.15, 0.2) is 0 Å². The monoisotopic (exact) mass is 215 g/mol. The molecule has 0 aliphatic carbocycles. The van der Waals surface area contributed by atoms with Gasteiger partial charge in [-0.1, -0.05) is 24.3 Å². The van der Waals surface area contributed by atoms with Gasteiger partial charge in [-0.2, -0.15) is 0 Å². The zero-order valence-corrected chi connectivity index (χ0v) is 8.97. The number of phenolic OH excluding ortho intramolecular Hbond substituents is 1. The van der Waals surface area contributed by atoms with Crippen LogP contribution in [0.25, 0.3) is 10.8 Å². The van der Waals surface area contributed by atoms with Crippen LogP contribution >= 0.6 is 0 Å². The normalized spacial score (nSPS) is 12.6. The van der Waals surface area contributed by atoms with Crippen LogP contribution in [-0.2, 0) is 4.79 Å². The number of carbonyl (C=O) groups excluding carboxylic acids is 1. The van der Waals surface area contributed by atoms with E-state index in [0.29, 0.717) is 0 Å². The molecule has 82 valence electrons. The highest BCUT2D eigenvalue weighted by atomic mass is 16.3. The Morgan fingerprint density at radius 2 is 2.06 bits per heavy atom. The number of fused-ring (bicyclic) bond motifs is 1. The summed E-state index contributed by atoms with van der Waals surface area (Å²) in [6, 6.07) is 10.8. The number of phenols is 1. The second-order valence-corrected chi connectivity index (χ2v) is 3.88. The van der Waals surface area contributed by atoms with Gasteiger partial charge in [-0.3, -0.25) is 4.79 Å². The standard InChI is InChI=1S/C13H13NO2/c1-8(13(14)16)11-4-2-3-9-5-6-10(15)7-12(9)11/h2-8,15H,1H3,(H2,14,16). The van der Waals surface area contributed by atoms with Crippen LogP contribution in [0.1, 0.15) is 18.4 Å². The maximum atomic E-state index is 11.2. The van der Waals surface area contributed by atoms with Gasteiger partial charge < -0.3 is 10.8 Å². The minimum Gasteiger partial charge on any atom is -0.508 e. The summed E-state index contributed by atoms with van der Waals surface area (Å²) in [7, 11) is 0. The fourth-order valence-corrected chi connectivity index (χ4v) is 1.82. The lowest BCUT2D eigenvalue weighted by Gasteiger charge is -2.11. The maximum Gasteiger partial charge on any atom is 0.224 e. The molecule has 0 aliphatic rings. The van der Waals surface area contributed by atoms with Gasteiger partial charge in [0.05, 0.1) is 5.92 Å². The minimum absolute atomic E-state index is 0.191. The molecule has 2 aromatic rings. The molecule has 1 amide bonds. The number of nitrogens with two attached hydrogens (primary N) is 1. The quantitative estimate of drug-likeness (QED) is 0.806. The predicted molar refractivity (Wildman–Crippen MR) is 63.2 cm³/mol. The molecule has 0 saturated heterocycles. The Hall–Kier alpha value is -2.03. The van der Waals surface area contributed by atoms with Crippen LogP contribution in [0.2, 0.25) is 0 Å². The molecule has 1 unspecified atom stereocenters. The van der Waals surface area contributed by atoms with Crippen molar-refractivity contribution in [3.63, 3.8) is 0 Å². The van der Waals surface area contributed by atoms with E-state index < -0.39 is 0 Å². The summed E-state index contributed by atoms with van der Waals surface area (Å²) in [4.78, 5) is 11.2. The largest absolute Gasteiger partial charge is 0.508 e. The third kappa shape index (κ3) is 1.72. The van der Waals surface area contributed by atoms with E-state index in [1.807, 2.05) is 24.3 Å². The first-order valence-electron chi connectivity index (χ1n) is 5.10. The topological polar surface area (TPSA) is 63.3 Å². The fourth-order valence-electron chi connectivity index (χ4n) is 1.82. The van der Waals surface area contributed by atoms with Crippen LogP contribution in [-0.4, -0.2) is 11.0 Å². The third-order valence-corrected chi connectivity index (χ3v) is 2.79. The molecular weight excluding hydrogens is 202 g/mol. The van der Waals surface area contributed by atoms with Crippen molar-refractivity contribution in [1.29, 1.82) is 0 Å². The highest BCUT2D eigenvalue weighted by Crippen LogP contribution is 2.28. The fraction of sp³-hybridized carbons (Fsp3) is 0.154. The Morgan fingerprint density at radius 3 is 2.75 bits per heavy atom. The molecule has 0 heterocycles. The van der Waals surface area contributed by atoms with E-state index in [-0.39, 0.29) is 17.6 Å². The highest BCUT2D eigenvalue weighted by Gasteiger charge is 2.14. The maximum absolute atomic E-state index is 11.2. The number of rotatable bonds is 2. The van der Waals surface area contributed by atoms with Gasteiger partial charge in [0.25, 0.3) is 0 Å². The van der Waals surface area contributed by atoms with Gasteiger partial charge in [0.2, 0.25) is 5.91 Å². The number of primary amides is 1. The second kappa shape index (κ2) is 3.85. The highest BCUT2D eigenvalue weighted by molar-refractivity contribution is 5.92. The van der Waals surface area contributed by atoms with Crippen molar-refractivity contribution in [3.8, 4) is 5.75 Å². The molecule has 3 nitrogen and oxygen atoms in total. The van der Waals surface area contributed by atoms with E-state index in [2.05, 4.69) is 0 Å². The van der Waals surface area contributed by atoms with Crippen LogP contribution < -0.4 is 5.73 Å². The van der Waals surface area contributed by atoms with E-state index in [1.54, 1.807) is 19.1 Å². The van der Waals surface area contributed by atoms with Gasteiger partial charge in [-0.25, -0.2) is 0 Å². The van der Waals surface area contributed by atoms with Crippen LogP contribution in [0, 0.1) is 0 Å². The summed E-state index contributed by atoms with van der Waals surface area (Å²) in [6.07, 6.45) is 0. The van der Waals surface area contributed by atoms with Crippen molar-refractivity contribution in [1.82, 2.24) is 0 Å². The SMILES string of the molecule is CC(C(N)=O)c1cccc2ccc(O)cc12. The number of aromatic hydroxyl groups is 1. The van der Waals surface area contributed by atoms with Crippen molar-refractivity contribution in [2.75, 3.05) is 0 Å². The third-order valence-electron chi connectivity index (χ3n) is 2.79. The lowest BCUT2D eigenvalue weighted by atomic mass is 9.94. The molecule has 2 aromatic carbocycles. The zero-order valence-electron chi connectivity index (χ0n) is 8.97. The number of amides is 1. The van der Waals surface area contributed by atoms with Crippen molar-refractivity contribution < 1.29 is 9.90 Å². The van der Waals surface area contributed by atoms with E-state index in [9.17, 15) is 9.90 Å². The number of carbonyl (C=O) groups is 1. The average molecular weight is 215 g/mol. The molecule has 0 bridgehead atoms. The van der Waals surface area contributed by atoms with Crippen LogP contribution in [0.15, 0.2) is 36.4 Å². The molecule has 0 aromatic heterocycles. The summed E-state index contributed by atoms with van der Waals surface area (Å²) in [5, 5.41) is 11.3. The molecule has 3 N–H and O–H groups in total. The Kier molecular flexibility index (Phi) is 2.52. The smallest absolute Gasteiger partial charge is 0.224 e. The molecule has 16 heavy (non-hydrogen) atoms. The first kappa shape index (κ1) is 10.5. The van der Waals surface area contributed by atoms with Crippen molar-refractivity contribution >= 4 is 16.7 Å². The summed E-state index contributed by atoms with van der Waals surface area (Å²) in [5.74, 6) is -0.530. The molecule has 0 fully saturated rings. The average Bonchev–Trinajstić information content (AvgIpc) is 2.27. The molecule has 0 spiro atoms. The lowest BCUT2D eigenvalue weighted by Crippen LogP contribution is -2.18. The molecule has 0 radical (unpaired) electrons. The van der Waals surface area contributed by atoms with Crippen LogP contribution in [0.5, 0.6) is 5.75 Å². The van der Waals surface area contributed by atoms with Crippen molar-refractivity contribution in [2.24, 2.45) is 5.73 Å². The van der Waals surface area contributed by atoms with E-state index >= 15 is 0 Å². The van der Waals surface area contributed by atoms with E-state index in [0.717, 1.165) is 16.3 Å². The number of hydrogen-bond acceptors (Lipinski definition) is 2. The summed E-state index contributed by atoms with van der Waals surface area (Å²) >= 11 is 0.